The molecule has 20 heavy (non-hydrogen) atoms. The van der Waals surface area contributed by atoms with E-state index >= 15 is 0 Å². The molecule has 0 aromatic carbocycles. The Morgan fingerprint density at radius 2 is 2.15 bits per heavy atom. The fraction of sp³-hybridized carbons (Fsp3) is 0.154. The quantitative estimate of drug-likeness (QED) is 0.760. The lowest BCUT2D eigenvalue weighted by Gasteiger charge is -2.00. The first-order valence-corrected chi connectivity index (χ1v) is 5.90. The van der Waals surface area contributed by atoms with E-state index in [1.807, 2.05) is 26.0 Å². The lowest BCUT2D eigenvalue weighted by atomic mass is 10.1. The summed E-state index contributed by atoms with van der Waals surface area (Å²) in [6.45, 7) is 3.90. The largest absolute Gasteiger partial charge is 0.333 e. The molecule has 0 unspecified atom stereocenters. The van der Waals surface area contributed by atoms with Crippen LogP contribution in [0.4, 0.5) is 0 Å². The SMILES string of the molecule is Cc1cnc(-c2noc(-c3cn[nH]c3C#N)n2)c(C)c1. The highest BCUT2D eigenvalue weighted by atomic mass is 16.5. The van der Waals surface area contributed by atoms with Gasteiger partial charge in [-0.25, -0.2) is 0 Å². The van der Waals surface area contributed by atoms with Gasteiger partial charge in [0.05, 0.1) is 11.8 Å². The fourth-order valence-corrected chi connectivity index (χ4v) is 1.91. The first kappa shape index (κ1) is 12.0. The van der Waals surface area contributed by atoms with Gasteiger partial charge in [0.2, 0.25) is 5.82 Å². The predicted molar refractivity (Wildman–Crippen MR) is 69.3 cm³/mol. The number of aromatic amines is 1. The summed E-state index contributed by atoms with van der Waals surface area (Å²) in [6.07, 6.45) is 3.22. The summed E-state index contributed by atoms with van der Waals surface area (Å²) in [6, 6.07) is 3.98. The molecular formula is C13H10N6O. The molecule has 3 rings (SSSR count). The van der Waals surface area contributed by atoms with Gasteiger partial charge >= 0.3 is 0 Å². The maximum Gasteiger partial charge on any atom is 0.262 e. The molecule has 7 nitrogen and oxygen atoms in total. The number of pyridine rings is 1. The van der Waals surface area contributed by atoms with Crippen LogP contribution in [0.15, 0.2) is 23.0 Å². The summed E-state index contributed by atoms with van der Waals surface area (Å²) in [7, 11) is 0. The van der Waals surface area contributed by atoms with Gasteiger partial charge in [-0.3, -0.25) is 10.1 Å². The summed E-state index contributed by atoms with van der Waals surface area (Å²) in [5, 5.41) is 19.2. The lowest BCUT2D eigenvalue weighted by Crippen LogP contribution is -1.91. The topological polar surface area (TPSA) is 104 Å². The zero-order chi connectivity index (χ0) is 14.1. The Hall–Kier alpha value is -3.01. The number of hydrogen-bond donors (Lipinski definition) is 1. The second kappa shape index (κ2) is 4.59. The summed E-state index contributed by atoms with van der Waals surface area (Å²) in [5.41, 5.74) is 3.46. The molecule has 0 atom stereocenters. The molecule has 3 aromatic rings. The summed E-state index contributed by atoms with van der Waals surface area (Å²) in [4.78, 5) is 8.58. The van der Waals surface area contributed by atoms with E-state index in [0.29, 0.717) is 17.1 Å². The first-order chi connectivity index (χ1) is 9.69. The Morgan fingerprint density at radius 1 is 1.30 bits per heavy atom. The number of nitrogens with zero attached hydrogens (tertiary/aromatic N) is 5. The highest BCUT2D eigenvalue weighted by Crippen LogP contribution is 2.24. The number of hydrogen-bond acceptors (Lipinski definition) is 6. The Morgan fingerprint density at radius 3 is 2.90 bits per heavy atom. The Bertz CT molecular complexity index is 810. The molecule has 1 N–H and O–H groups in total. The molecule has 0 saturated carbocycles. The van der Waals surface area contributed by atoms with Crippen molar-refractivity contribution in [3.05, 3.63) is 35.3 Å². The molecule has 0 amide bonds. The van der Waals surface area contributed by atoms with Crippen molar-refractivity contribution in [3.63, 3.8) is 0 Å². The van der Waals surface area contributed by atoms with Crippen LogP contribution in [0.3, 0.4) is 0 Å². The maximum atomic E-state index is 8.94. The zero-order valence-electron chi connectivity index (χ0n) is 10.9. The highest BCUT2D eigenvalue weighted by molar-refractivity contribution is 5.62. The van der Waals surface area contributed by atoms with Crippen molar-refractivity contribution in [3.8, 4) is 29.0 Å². The second-order valence-corrected chi connectivity index (χ2v) is 4.37. The van der Waals surface area contributed by atoms with Crippen LogP contribution in [0.1, 0.15) is 16.8 Å². The Labute approximate surface area is 114 Å². The van der Waals surface area contributed by atoms with Gasteiger partial charge in [0.25, 0.3) is 5.89 Å². The predicted octanol–water partition coefficient (Wildman–Crippen LogP) is 2.01. The van der Waals surface area contributed by atoms with Crippen molar-refractivity contribution in [1.29, 1.82) is 5.26 Å². The summed E-state index contributed by atoms with van der Waals surface area (Å²) in [5.74, 6) is 0.634. The number of rotatable bonds is 2. The number of aryl methyl sites for hydroxylation is 2. The van der Waals surface area contributed by atoms with E-state index in [2.05, 4.69) is 25.3 Å². The van der Waals surface area contributed by atoms with E-state index in [1.165, 1.54) is 6.20 Å². The van der Waals surface area contributed by atoms with Crippen molar-refractivity contribution in [2.45, 2.75) is 13.8 Å². The van der Waals surface area contributed by atoms with Crippen LogP contribution in [-0.4, -0.2) is 25.3 Å². The van der Waals surface area contributed by atoms with Gasteiger partial charge in [0.1, 0.15) is 17.5 Å². The minimum atomic E-state index is 0.243. The first-order valence-electron chi connectivity index (χ1n) is 5.90. The van der Waals surface area contributed by atoms with E-state index in [1.54, 1.807) is 6.20 Å². The minimum Gasteiger partial charge on any atom is -0.333 e. The zero-order valence-corrected chi connectivity index (χ0v) is 10.9. The van der Waals surface area contributed by atoms with Crippen LogP contribution in [0.5, 0.6) is 0 Å². The normalized spacial score (nSPS) is 10.4. The van der Waals surface area contributed by atoms with E-state index in [9.17, 15) is 0 Å². The summed E-state index contributed by atoms with van der Waals surface area (Å²) >= 11 is 0. The monoisotopic (exact) mass is 266 g/mol. The van der Waals surface area contributed by atoms with Gasteiger partial charge in [-0.05, 0) is 25.0 Å². The third-order valence-corrected chi connectivity index (χ3v) is 2.83. The number of H-pyrrole nitrogens is 1. The third kappa shape index (κ3) is 1.93. The van der Waals surface area contributed by atoms with Crippen molar-refractivity contribution in [1.82, 2.24) is 25.3 Å². The summed E-state index contributed by atoms with van der Waals surface area (Å²) < 4.78 is 5.18. The van der Waals surface area contributed by atoms with Crippen molar-refractivity contribution < 1.29 is 4.52 Å². The molecule has 98 valence electrons. The van der Waals surface area contributed by atoms with Gasteiger partial charge < -0.3 is 4.52 Å². The molecule has 3 aromatic heterocycles. The number of nitrogens with one attached hydrogen (secondary N) is 1. The average Bonchev–Trinajstić information content (AvgIpc) is 3.06. The number of aromatic nitrogens is 5. The molecule has 0 saturated heterocycles. The van der Waals surface area contributed by atoms with Crippen molar-refractivity contribution >= 4 is 0 Å². The Kier molecular flexibility index (Phi) is 2.76. The standard InChI is InChI=1S/C13H10N6O/c1-7-3-8(2)11(15-5-7)12-17-13(20-19-12)9-6-16-18-10(9)4-14/h3,5-6H,1-2H3,(H,16,18). The van der Waals surface area contributed by atoms with E-state index in [-0.39, 0.29) is 11.6 Å². The van der Waals surface area contributed by atoms with E-state index in [0.717, 1.165) is 11.1 Å². The maximum absolute atomic E-state index is 8.94. The molecule has 0 fully saturated rings. The number of nitriles is 1. The molecule has 0 spiro atoms. The highest BCUT2D eigenvalue weighted by Gasteiger charge is 2.17. The van der Waals surface area contributed by atoms with Gasteiger partial charge in [-0.15, -0.1) is 0 Å². The molecule has 0 aliphatic heterocycles. The van der Waals surface area contributed by atoms with Crippen LogP contribution < -0.4 is 0 Å². The van der Waals surface area contributed by atoms with Crippen molar-refractivity contribution in [2.24, 2.45) is 0 Å². The minimum absolute atomic E-state index is 0.243. The molecule has 3 heterocycles. The second-order valence-electron chi connectivity index (χ2n) is 4.37. The molecule has 0 aliphatic carbocycles. The smallest absolute Gasteiger partial charge is 0.262 e. The van der Waals surface area contributed by atoms with Gasteiger partial charge in [0.15, 0.2) is 0 Å². The van der Waals surface area contributed by atoms with Gasteiger partial charge in [0, 0.05) is 6.20 Å². The van der Waals surface area contributed by atoms with Crippen molar-refractivity contribution in [2.75, 3.05) is 0 Å². The van der Waals surface area contributed by atoms with Gasteiger partial charge in [-0.2, -0.15) is 15.3 Å². The molecule has 0 radical (unpaired) electrons. The average molecular weight is 266 g/mol. The Balaban J connectivity index is 2.05. The van der Waals surface area contributed by atoms with E-state index in [4.69, 9.17) is 9.78 Å². The van der Waals surface area contributed by atoms with Crippen LogP contribution in [0.25, 0.3) is 23.0 Å². The fourth-order valence-electron chi connectivity index (χ4n) is 1.91. The molecule has 0 bridgehead atoms. The third-order valence-electron chi connectivity index (χ3n) is 2.83. The van der Waals surface area contributed by atoms with Crippen LogP contribution in [-0.2, 0) is 0 Å². The van der Waals surface area contributed by atoms with Gasteiger partial charge in [-0.1, -0.05) is 11.2 Å². The van der Waals surface area contributed by atoms with Crippen LogP contribution in [0.2, 0.25) is 0 Å². The molecule has 7 heteroatoms. The lowest BCUT2D eigenvalue weighted by molar-refractivity contribution is 0.432. The molecule has 0 aliphatic rings. The van der Waals surface area contributed by atoms with E-state index < -0.39 is 0 Å². The van der Waals surface area contributed by atoms with Crippen LogP contribution in [0, 0.1) is 25.2 Å². The van der Waals surface area contributed by atoms with Crippen LogP contribution >= 0.6 is 0 Å². The molecular weight excluding hydrogens is 256 g/mol.